The summed E-state index contributed by atoms with van der Waals surface area (Å²) in [5.74, 6) is -0.470. The molecule has 1 atom stereocenters. The summed E-state index contributed by atoms with van der Waals surface area (Å²) in [5, 5.41) is 10.6. The molecule has 0 radical (unpaired) electrons. The summed E-state index contributed by atoms with van der Waals surface area (Å²) < 4.78 is 19.7. The standard InChI is InChI=1S/C22H29FN2O3S/c1-5-29-20-19(21(26)27)15(2)11-18(24-9-10-28-22(3,4)14-24)25(20)13-16-7-6-8-17(23)12-16/h6-8,11-12,18H,5,9-10,13-14H2,1-4H3,(H,26,27). The van der Waals surface area contributed by atoms with E-state index in [2.05, 4.69) is 23.6 Å². The molecule has 1 fully saturated rings. The van der Waals surface area contributed by atoms with Crippen LogP contribution in [-0.2, 0) is 16.1 Å². The smallest absolute Gasteiger partial charge is 0.338 e. The first-order valence-electron chi connectivity index (χ1n) is 9.90. The van der Waals surface area contributed by atoms with E-state index in [1.54, 1.807) is 6.07 Å². The predicted molar refractivity (Wildman–Crippen MR) is 114 cm³/mol. The fraction of sp³-hybridized carbons (Fsp3) is 0.500. The number of rotatable bonds is 6. The molecule has 0 saturated carbocycles. The summed E-state index contributed by atoms with van der Waals surface area (Å²) in [7, 11) is 0. The maximum atomic E-state index is 13.8. The molecule has 3 rings (SSSR count). The number of hydrogen-bond acceptors (Lipinski definition) is 5. The van der Waals surface area contributed by atoms with Crippen LogP contribution in [0.4, 0.5) is 4.39 Å². The van der Waals surface area contributed by atoms with Crippen LogP contribution in [0.25, 0.3) is 0 Å². The number of benzene rings is 1. The van der Waals surface area contributed by atoms with Crippen LogP contribution in [0.3, 0.4) is 0 Å². The van der Waals surface area contributed by atoms with E-state index in [1.807, 2.05) is 26.0 Å². The molecule has 1 unspecified atom stereocenters. The highest BCUT2D eigenvalue weighted by molar-refractivity contribution is 8.03. The summed E-state index contributed by atoms with van der Waals surface area (Å²) in [6.07, 6.45) is 1.91. The Balaban J connectivity index is 2.04. The molecule has 0 aliphatic carbocycles. The maximum absolute atomic E-state index is 13.8. The van der Waals surface area contributed by atoms with Crippen LogP contribution in [-0.4, -0.2) is 58.1 Å². The number of nitrogens with zero attached hydrogens (tertiary/aromatic N) is 2. The molecule has 1 aromatic carbocycles. The van der Waals surface area contributed by atoms with Crippen LogP contribution in [0.2, 0.25) is 0 Å². The van der Waals surface area contributed by atoms with E-state index in [4.69, 9.17) is 4.74 Å². The van der Waals surface area contributed by atoms with Gasteiger partial charge in [0.15, 0.2) is 0 Å². The van der Waals surface area contributed by atoms with Crippen LogP contribution in [0.15, 0.2) is 46.5 Å². The number of carbonyl (C=O) groups is 1. The van der Waals surface area contributed by atoms with Crippen molar-refractivity contribution in [3.63, 3.8) is 0 Å². The van der Waals surface area contributed by atoms with Gasteiger partial charge in [0, 0.05) is 19.6 Å². The summed E-state index contributed by atoms with van der Waals surface area (Å²) >= 11 is 1.52. The van der Waals surface area contributed by atoms with Gasteiger partial charge in [-0.25, -0.2) is 9.18 Å². The molecule has 0 bridgehead atoms. The number of hydrogen-bond donors (Lipinski definition) is 1. The molecular formula is C22H29FN2O3S. The third kappa shape index (κ3) is 5.02. The van der Waals surface area contributed by atoms with Crippen LogP contribution in [0.1, 0.15) is 33.3 Å². The van der Waals surface area contributed by atoms with Crippen LogP contribution < -0.4 is 0 Å². The molecule has 2 heterocycles. The summed E-state index contributed by atoms with van der Waals surface area (Å²) in [5.41, 5.74) is 1.63. The van der Waals surface area contributed by atoms with Crippen molar-refractivity contribution in [2.24, 2.45) is 0 Å². The monoisotopic (exact) mass is 420 g/mol. The van der Waals surface area contributed by atoms with E-state index >= 15 is 0 Å². The van der Waals surface area contributed by atoms with Gasteiger partial charge in [0.05, 0.1) is 22.8 Å². The number of thioether (sulfide) groups is 1. The van der Waals surface area contributed by atoms with Gasteiger partial charge in [0.2, 0.25) is 0 Å². The van der Waals surface area contributed by atoms with Gasteiger partial charge >= 0.3 is 5.97 Å². The minimum Gasteiger partial charge on any atom is -0.478 e. The van der Waals surface area contributed by atoms with Crippen molar-refractivity contribution in [3.05, 3.63) is 57.9 Å². The largest absolute Gasteiger partial charge is 0.478 e. The number of halogens is 1. The van der Waals surface area contributed by atoms with Gasteiger partial charge in [-0.1, -0.05) is 19.1 Å². The zero-order valence-corrected chi connectivity index (χ0v) is 18.3. The Morgan fingerprint density at radius 1 is 1.41 bits per heavy atom. The second kappa shape index (κ2) is 8.90. The molecule has 0 spiro atoms. The highest BCUT2D eigenvalue weighted by Gasteiger charge is 2.38. The van der Waals surface area contributed by atoms with Crippen LogP contribution in [0, 0.1) is 5.82 Å². The molecule has 1 N–H and O–H groups in total. The number of aliphatic carboxylic acids is 1. The van der Waals surface area contributed by atoms with Gasteiger partial charge in [-0.15, -0.1) is 11.8 Å². The molecule has 29 heavy (non-hydrogen) atoms. The van der Waals surface area contributed by atoms with Crippen molar-refractivity contribution < 1.29 is 19.0 Å². The third-order valence-corrected chi connectivity index (χ3v) is 6.15. The molecule has 7 heteroatoms. The zero-order valence-electron chi connectivity index (χ0n) is 17.4. The first-order chi connectivity index (χ1) is 13.7. The predicted octanol–water partition coefficient (Wildman–Crippen LogP) is 4.07. The Labute approximate surface area is 176 Å². The minimum absolute atomic E-state index is 0.112. The third-order valence-electron chi connectivity index (χ3n) is 5.15. The van der Waals surface area contributed by atoms with Gasteiger partial charge < -0.3 is 14.7 Å². The van der Waals surface area contributed by atoms with Crippen molar-refractivity contribution in [2.75, 3.05) is 25.4 Å². The SMILES string of the molecule is CCSC1=C(C(=O)O)C(C)=CC(N2CCOC(C)(C)C2)N1Cc1cccc(F)c1. The molecule has 0 aromatic heterocycles. The van der Waals surface area contributed by atoms with E-state index in [0.29, 0.717) is 18.7 Å². The zero-order chi connectivity index (χ0) is 21.2. The number of ether oxygens (including phenoxy) is 1. The van der Waals surface area contributed by atoms with Gasteiger partial charge in [0.25, 0.3) is 0 Å². The quantitative estimate of drug-likeness (QED) is 0.749. The molecule has 158 valence electrons. The molecule has 1 aromatic rings. The van der Waals surface area contributed by atoms with Gasteiger partial charge in [-0.2, -0.15) is 0 Å². The first-order valence-corrected chi connectivity index (χ1v) is 10.9. The van der Waals surface area contributed by atoms with Gasteiger partial charge in [0.1, 0.15) is 12.0 Å². The van der Waals surface area contributed by atoms with Crippen molar-refractivity contribution in [1.82, 2.24) is 9.80 Å². The maximum Gasteiger partial charge on any atom is 0.338 e. The average Bonchev–Trinajstić information content (AvgIpc) is 2.62. The fourth-order valence-electron chi connectivity index (χ4n) is 3.96. The second-order valence-corrected chi connectivity index (χ2v) is 9.27. The number of carboxylic acids is 1. The van der Waals surface area contributed by atoms with Crippen LogP contribution >= 0.6 is 11.8 Å². The second-order valence-electron chi connectivity index (χ2n) is 8.02. The normalized spacial score (nSPS) is 22.6. The highest BCUT2D eigenvalue weighted by Crippen LogP contribution is 2.37. The molecule has 2 aliphatic rings. The molecule has 1 saturated heterocycles. The average molecular weight is 421 g/mol. The molecule has 5 nitrogen and oxygen atoms in total. The molecule has 0 amide bonds. The molecular weight excluding hydrogens is 391 g/mol. The fourth-order valence-corrected chi connectivity index (χ4v) is 4.96. The lowest BCUT2D eigenvalue weighted by atomic mass is 10.0. The topological polar surface area (TPSA) is 53.0 Å². The van der Waals surface area contributed by atoms with Crippen molar-refractivity contribution in [1.29, 1.82) is 0 Å². The van der Waals surface area contributed by atoms with Crippen molar-refractivity contribution in [3.8, 4) is 0 Å². The van der Waals surface area contributed by atoms with Gasteiger partial charge in [-0.3, -0.25) is 4.90 Å². The van der Waals surface area contributed by atoms with Crippen LogP contribution in [0.5, 0.6) is 0 Å². The number of morpholine rings is 1. The summed E-state index contributed by atoms with van der Waals surface area (Å²) in [6.45, 7) is 10.5. The molecule has 2 aliphatic heterocycles. The van der Waals surface area contributed by atoms with Crippen molar-refractivity contribution in [2.45, 2.75) is 46.0 Å². The minimum atomic E-state index is -0.931. The summed E-state index contributed by atoms with van der Waals surface area (Å²) in [4.78, 5) is 16.5. The van der Waals surface area contributed by atoms with E-state index in [9.17, 15) is 14.3 Å². The highest BCUT2D eigenvalue weighted by atomic mass is 32.2. The summed E-state index contributed by atoms with van der Waals surface area (Å²) in [6, 6.07) is 6.51. The van der Waals surface area contributed by atoms with E-state index in [-0.39, 0.29) is 17.6 Å². The number of carboxylic acid groups (broad SMARTS) is 1. The lowest BCUT2D eigenvalue weighted by molar-refractivity contribution is -0.132. The van der Waals surface area contributed by atoms with E-state index in [1.165, 1.54) is 23.9 Å². The Morgan fingerprint density at radius 3 is 2.79 bits per heavy atom. The Morgan fingerprint density at radius 2 is 2.17 bits per heavy atom. The Hall–Kier alpha value is -1.83. The van der Waals surface area contributed by atoms with Crippen molar-refractivity contribution >= 4 is 17.7 Å². The Bertz CT molecular complexity index is 837. The lowest BCUT2D eigenvalue weighted by Gasteiger charge is -2.48. The van der Waals surface area contributed by atoms with E-state index in [0.717, 1.165) is 35.0 Å². The van der Waals surface area contributed by atoms with E-state index < -0.39 is 5.97 Å². The Kier molecular flexibility index (Phi) is 6.71. The first kappa shape index (κ1) is 21.9. The lowest BCUT2D eigenvalue weighted by Crippen LogP contribution is -2.57. The van der Waals surface area contributed by atoms with Gasteiger partial charge in [-0.05, 0) is 55.9 Å².